The van der Waals surface area contributed by atoms with Gasteiger partial charge in [0.05, 0.1) is 27.8 Å². The molecule has 0 atom stereocenters. The average Bonchev–Trinajstić information content (AvgIpc) is 4.01. The molecule has 0 unspecified atom stereocenters. The van der Waals surface area contributed by atoms with Crippen molar-refractivity contribution < 1.29 is 0 Å². The van der Waals surface area contributed by atoms with E-state index in [0.29, 0.717) is 17.5 Å². The summed E-state index contributed by atoms with van der Waals surface area (Å²) in [5, 5.41) is 7.25. The van der Waals surface area contributed by atoms with Crippen LogP contribution < -0.4 is 0 Å². The van der Waals surface area contributed by atoms with E-state index in [4.69, 9.17) is 15.0 Å². The fraction of sp³-hybridized carbons (Fsp3) is 0. The second kappa shape index (κ2) is 14.2. The van der Waals surface area contributed by atoms with Crippen molar-refractivity contribution in [3.63, 3.8) is 0 Å². The first-order chi connectivity index (χ1) is 31.2. The molecule has 13 aromatic rings. The van der Waals surface area contributed by atoms with E-state index in [-0.39, 0.29) is 0 Å². The summed E-state index contributed by atoms with van der Waals surface area (Å²) in [6, 6.07) is 75.7. The van der Waals surface area contributed by atoms with Gasteiger partial charge in [0.25, 0.3) is 0 Å². The third kappa shape index (κ3) is 5.73. The molecule has 0 radical (unpaired) electrons. The Morgan fingerprint density at radius 2 is 0.841 bits per heavy atom. The molecule has 63 heavy (non-hydrogen) atoms. The highest BCUT2D eigenvalue weighted by molar-refractivity contribution is 7.25. The van der Waals surface area contributed by atoms with Crippen LogP contribution in [0, 0.1) is 0 Å². The van der Waals surface area contributed by atoms with Crippen LogP contribution in [0.1, 0.15) is 0 Å². The van der Waals surface area contributed by atoms with Gasteiger partial charge in [0.1, 0.15) is 0 Å². The van der Waals surface area contributed by atoms with Gasteiger partial charge in [0.2, 0.25) is 0 Å². The number of benzene rings is 9. The molecule has 0 bridgehead atoms. The number of nitrogens with zero attached hydrogens (tertiary/aromatic N) is 5. The van der Waals surface area contributed by atoms with Crippen molar-refractivity contribution in [2.75, 3.05) is 0 Å². The van der Waals surface area contributed by atoms with E-state index in [0.717, 1.165) is 39.1 Å². The predicted octanol–water partition coefficient (Wildman–Crippen LogP) is 15.1. The molecule has 6 heteroatoms. The van der Waals surface area contributed by atoms with E-state index in [1.807, 2.05) is 29.5 Å². The molecular weight excluding hydrogens is 787 g/mol. The SMILES string of the molecule is c1ccc(-c2ccc3c4ccccc4n(-c4ccc5c6ccccc6n(-c6ccccc6-c6nc(-c7ccccc7)nc(-c7ccc8sc9ccccc9c8c7)n6)c5c4)c3c2)cc1. The van der Waals surface area contributed by atoms with Gasteiger partial charge < -0.3 is 9.13 Å². The van der Waals surface area contributed by atoms with E-state index >= 15 is 0 Å². The van der Waals surface area contributed by atoms with Crippen LogP contribution >= 0.6 is 11.3 Å². The van der Waals surface area contributed by atoms with Crippen LogP contribution in [0.5, 0.6) is 0 Å². The van der Waals surface area contributed by atoms with E-state index in [9.17, 15) is 0 Å². The fourth-order valence-electron chi connectivity index (χ4n) is 9.48. The first kappa shape index (κ1) is 35.6. The van der Waals surface area contributed by atoms with Crippen LogP contribution in [-0.2, 0) is 0 Å². The van der Waals surface area contributed by atoms with Gasteiger partial charge in [-0.15, -0.1) is 11.3 Å². The lowest BCUT2D eigenvalue weighted by Gasteiger charge is -2.15. The molecule has 0 saturated carbocycles. The smallest absolute Gasteiger partial charge is 0.166 e. The lowest BCUT2D eigenvalue weighted by atomic mass is 10.0. The van der Waals surface area contributed by atoms with E-state index < -0.39 is 0 Å². The Kier molecular flexibility index (Phi) is 8.01. The van der Waals surface area contributed by atoms with Gasteiger partial charge in [-0.05, 0) is 77.9 Å². The van der Waals surface area contributed by atoms with Crippen molar-refractivity contribution >= 4 is 75.1 Å². The Labute approximate surface area is 366 Å². The van der Waals surface area contributed by atoms with Crippen LogP contribution in [0.15, 0.2) is 212 Å². The number of hydrogen-bond donors (Lipinski definition) is 0. The summed E-state index contributed by atoms with van der Waals surface area (Å²) < 4.78 is 7.32. The maximum absolute atomic E-state index is 5.32. The molecule has 0 spiro atoms. The third-order valence-corrected chi connectivity index (χ3v) is 13.5. The molecule has 4 aromatic heterocycles. The van der Waals surface area contributed by atoms with Gasteiger partial charge in [-0.2, -0.15) is 0 Å². The minimum absolute atomic E-state index is 0.614. The van der Waals surface area contributed by atoms with Crippen LogP contribution in [0.25, 0.3) is 120 Å². The molecule has 5 nitrogen and oxygen atoms in total. The Balaban J connectivity index is 1.04. The maximum Gasteiger partial charge on any atom is 0.166 e. The summed E-state index contributed by atoms with van der Waals surface area (Å²) in [5.41, 5.74) is 11.8. The number of aromatic nitrogens is 5. The highest BCUT2D eigenvalue weighted by atomic mass is 32.1. The first-order valence-electron chi connectivity index (χ1n) is 21.2. The summed E-state index contributed by atoms with van der Waals surface area (Å²) in [6.07, 6.45) is 0. The van der Waals surface area contributed by atoms with E-state index in [1.54, 1.807) is 0 Å². The van der Waals surface area contributed by atoms with Crippen molar-refractivity contribution in [3.05, 3.63) is 212 Å². The second-order valence-electron chi connectivity index (χ2n) is 16.0. The number of para-hydroxylation sites is 3. The average molecular weight is 822 g/mol. The molecule has 0 fully saturated rings. The van der Waals surface area contributed by atoms with E-state index in [2.05, 4.69) is 203 Å². The van der Waals surface area contributed by atoms with Crippen molar-refractivity contribution in [2.45, 2.75) is 0 Å². The summed E-state index contributed by atoms with van der Waals surface area (Å²) in [5.74, 6) is 1.88. The molecule has 4 heterocycles. The minimum Gasteiger partial charge on any atom is -0.309 e. The Morgan fingerprint density at radius 1 is 0.302 bits per heavy atom. The molecule has 0 aliphatic heterocycles. The molecule has 9 aromatic carbocycles. The molecule has 13 rings (SSSR count). The summed E-state index contributed by atoms with van der Waals surface area (Å²) >= 11 is 1.81. The highest BCUT2D eigenvalue weighted by Crippen LogP contribution is 2.41. The monoisotopic (exact) mass is 821 g/mol. The largest absolute Gasteiger partial charge is 0.309 e. The van der Waals surface area contributed by atoms with E-state index in [1.165, 1.54) is 63.9 Å². The van der Waals surface area contributed by atoms with Crippen LogP contribution in [0.2, 0.25) is 0 Å². The lowest BCUT2D eigenvalue weighted by Crippen LogP contribution is -2.03. The number of hydrogen-bond acceptors (Lipinski definition) is 4. The molecule has 0 saturated heterocycles. The van der Waals surface area contributed by atoms with Crippen molar-refractivity contribution in [3.8, 4) is 56.7 Å². The van der Waals surface area contributed by atoms with Gasteiger partial charge >= 0.3 is 0 Å². The second-order valence-corrected chi connectivity index (χ2v) is 17.1. The van der Waals surface area contributed by atoms with Crippen molar-refractivity contribution in [2.24, 2.45) is 0 Å². The highest BCUT2D eigenvalue weighted by Gasteiger charge is 2.21. The number of rotatable bonds is 6. The van der Waals surface area contributed by atoms with Gasteiger partial charge in [0.15, 0.2) is 17.5 Å². The zero-order chi connectivity index (χ0) is 41.4. The van der Waals surface area contributed by atoms with Gasteiger partial charge in [0, 0.05) is 64.1 Å². The van der Waals surface area contributed by atoms with Gasteiger partial charge in [-0.25, -0.2) is 15.0 Å². The van der Waals surface area contributed by atoms with Crippen molar-refractivity contribution in [1.29, 1.82) is 0 Å². The summed E-state index contributed by atoms with van der Waals surface area (Å²) in [4.78, 5) is 15.7. The summed E-state index contributed by atoms with van der Waals surface area (Å²) in [7, 11) is 0. The Bertz CT molecular complexity index is 3920. The molecular formula is C57H35N5S. The van der Waals surface area contributed by atoms with Crippen molar-refractivity contribution in [1.82, 2.24) is 24.1 Å². The molecule has 0 aliphatic rings. The number of thiophene rings is 1. The molecule has 0 N–H and O–H groups in total. The zero-order valence-electron chi connectivity index (χ0n) is 33.9. The standard InChI is InChI=1S/C57H35N5S/c1-3-15-36(16-4-1)38-27-30-43-41-19-7-11-23-48(41)61(51(43)34-38)40-29-31-44-42-20-8-12-24-49(42)62(52(44)35-40)50-25-13-9-22-46(50)57-59-55(37-17-5-2-6-18-37)58-56(60-57)39-28-32-54-47(33-39)45-21-10-14-26-53(45)63-54/h1-35H. The lowest BCUT2D eigenvalue weighted by molar-refractivity contribution is 1.06. The molecule has 0 amide bonds. The third-order valence-electron chi connectivity index (χ3n) is 12.4. The van der Waals surface area contributed by atoms with Crippen LogP contribution in [-0.4, -0.2) is 24.1 Å². The number of fused-ring (bicyclic) bond motifs is 9. The first-order valence-corrected chi connectivity index (χ1v) is 22.0. The van der Waals surface area contributed by atoms with Crippen LogP contribution in [0.4, 0.5) is 0 Å². The Morgan fingerprint density at radius 3 is 1.62 bits per heavy atom. The van der Waals surface area contributed by atoms with Gasteiger partial charge in [-0.1, -0.05) is 146 Å². The molecule has 0 aliphatic carbocycles. The van der Waals surface area contributed by atoms with Gasteiger partial charge in [-0.3, -0.25) is 0 Å². The summed E-state index contributed by atoms with van der Waals surface area (Å²) in [6.45, 7) is 0. The Hall–Kier alpha value is -8.19. The normalized spacial score (nSPS) is 11.8. The predicted molar refractivity (Wildman–Crippen MR) is 263 cm³/mol. The minimum atomic E-state index is 0.614. The fourth-order valence-corrected chi connectivity index (χ4v) is 10.6. The maximum atomic E-state index is 5.32. The molecule has 294 valence electrons. The quantitative estimate of drug-likeness (QED) is 0.168. The zero-order valence-corrected chi connectivity index (χ0v) is 34.7. The van der Waals surface area contributed by atoms with Crippen LogP contribution in [0.3, 0.4) is 0 Å². The topological polar surface area (TPSA) is 48.5 Å².